The van der Waals surface area contributed by atoms with E-state index in [2.05, 4.69) is 15.9 Å². The smallest absolute Gasteiger partial charge is 0.233 e. The lowest BCUT2D eigenvalue weighted by Gasteiger charge is -2.28. The minimum atomic E-state index is -0.0882. The van der Waals surface area contributed by atoms with Gasteiger partial charge < -0.3 is 0 Å². The third-order valence-corrected chi connectivity index (χ3v) is 3.42. The van der Waals surface area contributed by atoms with Gasteiger partial charge in [0.05, 0.1) is 5.69 Å². The quantitative estimate of drug-likeness (QED) is 0.747. The summed E-state index contributed by atoms with van der Waals surface area (Å²) in [5.41, 5.74) is 2.64. The zero-order valence-corrected chi connectivity index (χ0v) is 11.5. The zero-order chi connectivity index (χ0) is 12.6. The van der Waals surface area contributed by atoms with E-state index in [0.717, 1.165) is 21.3 Å². The van der Waals surface area contributed by atoms with Gasteiger partial charge in [0.1, 0.15) is 0 Å². The van der Waals surface area contributed by atoms with E-state index < -0.39 is 0 Å². The monoisotopic (exact) mass is 295 g/mol. The molecule has 0 aliphatic carbocycles. The van der Waals surface area contributed by atoms with Gasteiger partial charge in [-0.2, -0.15) is 0 Å². The van der Waals surface area contributed by atoms with Gasteiger partial charge in [-0.25, -0.2) is 0 Å². The molecule has 3 nitrogen and oxygen atoms in total. The molecule has 1 aliphatic heterocycles. The SMILES string of the molecule is Cc1cc(Br)cc(C)c1N1C(=O)CCCC1=O. The summed E-state index contributed by atoms with van der Waals surface area (Å²) in [6.45, 7) is 3.84. The molecule has 0 spiro atoms. The molecule has 1 aliphatic rings. The second-order valence-corrected chi connectivity index (χ2v) is 5.28. The number of imide groups is 1. The highest BCUT2D eigenvalue weighted by Crippen LogP contribution is 2.31. The van der Waals surface area contributed by atoms with Gasteiger partial charge >= 0.3 is 0 Å². The number of hydrogen-bond acceptors (Lipinski definition) is 2. The third-order valence-electron chi connectivity index (χ3n) is 2.96. The molecule has 0 unspecified atom stereocenters. The van der Waals surface area contributed by atoms with Crippen LogP contribution in [0.2, 0.25) is 0 Å². The predicted octanol–water partition coefficient (Wildman–Crippen LogP) is 3.11. The molecule has 90 valence electrons. The van der Waals surface area contributed by atoms with E-state index >= 15 is 0 Å². The Kier molecular flexibility index (Phi) is 3.33. The molecule has 0 bridgehead atoms. The summed E-state index contributed by atoms with van der Waals surface area (Å²) in [6.07, 6.45) is 1.59. The summed E-state index contributed by atoms with van der Waals surface area (Å²) in [5.74, 6) is -0.176. The Hall–Kier alpha value is -1.16. The van der Waals surface area contributed by atoms with E-state index in [1.54, 1.807) is 0 Å². The Morgan fingerprint density at radius 1 is 1.06 bits per heavy atom. The van der Waals surface area contributed by atoms with Crippen LogP contribution < -0.4 is 4.90 Å². The third kappa shape index (κ3) is 2.27. The van der Waals surface area contributed by atoms with Crippen LogP contribution in [0, 0.1) is 13.8 Å². The van der Waals surface area contributed by atoms with E-state index in [-0.39, 0.29) is 11.8 Å². The van der Waals surface area contributed by atoms with Crippen molar-refractivity contribution in [2.75, 3.05) is 4.90 Å². The highest BCUT2D eigenvalue weighted by atomic mass is 79.9. The first kappa shape index (κ1) is 12.3. The summed E-state index contributed by atoms with van der Waals surface area (Å²) < 4.78 is 0.966. The van der Waals surface area contributed by atoms with Crippen molar-refractivity contribution in [2.45, 2.75) is 33.1 Å². The van der Waals surface area contributed by atoms with Crippen molar-refractivity contribution in [1.82, 2.24) is 0 Å². The number of rotatable bonds is 1. The van der Waals surface area contributed by atoms with Gasteiger partial charge in [-0.3, -0.25) is 14.5 Å². The fraction of sp³-hybridized carbons (Fsp3) is 0.385. The Balaban J connectivity index is 2.52. The van der Waals surface area contributed by atoms with Crippen molar-refractivity contribution >= 4 is 33.4 Å². The number of carbonyl (C=O) groups excluding carboxylic acids is 2. The standard InChI is InChI=1S/C13H14BrNO2/c1-8-6-10(14)7-9(2)13(8)15-11(16)4-3-5-12(15)17/h6-7H,3-5H2,1-2H3. The highest BCUT2D eigenvalue weighted by Gasteiger charge is 2.29. The number of nitrogens with zero attached hydrogens (tertiary/aromatic N) is 1. The summed E-state index contributed by atoms with van der Waals surface area (Å²) in [7, 11) is 0. The molecular weight excluding hydrogens is 282 g/mol. The lowest BCUT2D eigenvalue weighted by Crippen LogP contribution is -2.41. The Bertz CT molecular complexity index is 457. The molecule has 1 saturated heterocycles. The maximum Gasteiger partial charge on any atom is 0.233 e. The van der Waals surface area contributed by atoms with Crippen LogP contribution in [0.1, 0.15) is 30.4 Å². The topological polar surface area (TPSA) is 37.4 Å². The van der Waals surface area contributed by atoms with Crippen LogP contribution in [0.15, 0.2) is 16.6 Å². The van der Waals surface area contributed by atoms with Gasteiger partial charge in [0.2, 0.25) is 11.8 Å². The van der Waals surface area contributed by atoms with Gasteiger partial charge in [-0.15, -0.1) is 0 Å². The highest BCUT2D eigenvalue weighted by molar-refractivity contribution is 9.10. The first-order valence-corrected chi connectivity index (χ1v) is 6.42. The van der Waals surface area contributed by atoms with Crippen LogP contribution in [-0.2, 0) is 9.59 Å². The number of hydrogen-bond donors (Lipinski definition) is 0. The summed E-state index contributed by atoms with van der Waals surface area (Å²) in [4.78, 5) is 25.1. The van der Waals surface area contributed by atoms with Gasteiger partial charge in [0.25, 0.3) is 0 Å². The van der Waals surface area contributed by atoms with E-state index in [1.165, 1.54) is 4.90 Å². The molecule has 1 aromatic rings. The molecule has 1 heterocycles. The van der Waals surface area contributed by atoms with Crippen molar-refractivity contribution < 1.29 is 9.59 Å². The van der Waals surface area contributed by atoms with Gasteiger partial charge in [-0.05, 0) is 43.5 Å². The molecule has 0 radical (unpaired) electrons. The van der Waals surface area contributed by atoms with E-state index in [0.29, 0.717) is 19.3 Å². The maximum absolute atomic E-state index is 11.9. The number of amides is 2. The molecule has 2 amide bonds. The minimum Gasteiger partial charge on any atom is -0.274 e. The molecule has 1 aromatic carbocycles. The first-order valence-electron chi connectivity index (χ1n) is 5.63. The van der Waals surface area contributed by atoms with Crippen LogP contribution in [-0.4, -0.2) is 11.8 Å². The van der Waals surface area contributed by atoms with Gasteiger partial charge in [0.15, 0.2) is 0 Å². The predicted molar refractivity (Wildman–Crippen MR) is 70.0 cm³/mol. The molecule has 2 rings (SSSR count). The number of halogens is 1. The van der Waals surface area contributed by atoms with Gasteiger partial charge in [-0.1, -0.05) is 15.9 Å². The molecule has 4 heteroatoms. The summed E-state index contributed by atoms with van der Waals surface area (Å²) in [6, 6.07) is 3.86. The number of anilines is 1. The lowest BCUT2D eigenvalue weighted by atomic mass is 10.0. The number of piperidine rings is 1. The Morgan fingerprint density at radius 2 is 1.53 bits per heavy atom. The normalized spacial score (nSPS) is 16.5. The molecule has 1 fully saturated rings. The molecule has 0 atom stereocenters. The zero-order valence-electron chi connectivity index (χ0n) is 9.92. The second-order valence-electron chi connectivity index (χ2n) is 4.36. The molecule has 17 heavy (non-hydrogen) atoms. The van der Waals surface area contributed by atoms with Crippen molar-refractivity contribution in [1.29, 1.82) is 0 Å². The molecule has 0 aromatic heterocycles. The van der Waals surface area contributed by atoms with Crippen LogP contribution in [0.3, 0.4) is 0 Å². The van der Waals surface area contributed by atoms with Crippen LogP contribution in [0.5, 0.6) is 0 Å². The van der Waals surface area contributed by atoms with Crippen molar-refractivity contribution in [2.24, 2.45) is 0 Å². The number of carbonyl (C=O) groups is 2. The fourth-order valence-corrected chi connectivity index (χ4v) is 2.95. The van der Waals surface area contributed by atoms with Crippen LogP contribution in [0.4, 0.5) is 5.69 Å². The summed E-state index contributed by atoms with van der Waals surface area (Å²) >= 11 is 3.41. The largest absolute Gasteiger partial charge is 0.274 e. The van der Waals surface area contributed by atoms with Crippen molar-refractivity contribution in [3.05, 3.63) is 27.7 Å². The molecular formula is C13H14BrNO2. The first-order chi connectivity index (χ1) is 8.00. The maximum atomic E-state index is 11.9. The van der Waals surface area contributed by atoms with E-state index in [9.17, 15) is 9.59 Å². The molecule has 0 saturated carbocycles. The van der Waals surface area contributed by atoms with Crippen LogP contribution >= 0.6 is 15.9 Å². The van der Waals surface area contributed by atoms with Crippen molar-refractivity contribution in [3.63, 3.8) is 0 Å². The minimum absolute atomic E-state index is 0.0882. The number of aryl methyl sites for hydroxylation is 2. The van der Waals surface area contributed by atoms with Gasteiger partial charge in [0, 0.05) is 17.3 Å². The average molecular weight is 296 g/mol. The average Bonchev–Trinajstić information content (AvgIpc) is 2.21. The summed E-state index contributed by atoms with van der Waals surface area (Å²) in [5, 5.41) is 0. The Labute approximate surface area is 109 Å². The molecule has 0 N–H and O–H groups in total. The van der Waals surface area contributed by atoms with E-state index in [1.807, 2.05) is 26.0 Å². The lowest BCUT2D eigenvalue weighted by molar-refractivity contribution is -0.129. The Morgan fingerprint density at radius 3 is 2.00 bits per heavy atom. The fourth-order valence-electron chi connectivity index (χ4n) is 2.26. The van der Waals surface area contributed by atoms with Crippen LogP contribution in [0.25, 0.3) is 0 Å². The van der Waals surface area contributed by atoms with E-state index in [4.69, 9.17) is 0 Å². The second kappa shape index (κ2) is 4.61. The van der Waals surface area contributed by atoms with Crippen molar-refractivity contribution in [3.8, 4) is 0 Å². The number of benzene rings is 1.